The number of allylic oxidation sites excluding steroid dienone is 1. The first-order valence-corrected chi connectivity index (χ1v) is 9.22. The van der Waals surface area contributed by atoms with E-state index in [-0.39, 0.29) is 22.9 Å². The predicted molar refractivity (Wildman–Crippen MR) is 102 cm³/mol. The Labute approximate surface area is 166 Å². The Balaban J connectivity index is 2.28. The van der Waals surface area contributed by atoms with Gasteiger partial charge in [0.15, 0.2) is 11.5 Å². The van der Waals surface area contributed by atoms with Gasteiger partial charge in [0.25, 0.3) is 0 Å². The number of carbonyl (C=O) groups is 2. The standard InChI is InChI=1S/C19H19N3O5S/c1-9-17(23)22-16(21)11(8-20)14(15(18(22)28-9)19(24)27-4)10-5-6-12(25-2)13(7-10)26-3/h5-7,9,14H,21H2,1-4H3/t9-,14+/m1/s1. The number of ether oxygens (including phenoxy) is 3. The van der Waals surface area contributed by atoms with Crippen LogP contribution in [0.4, 0.5) is 0 Å². The summed E-state index contributed by atoms with van der Waals surface area (Å²) >= 11 is 1.22. The lowest BCUT2D eigenvalue weighted by molar-refractivity contribution is -0.136. The molecule has 28 heavy (non-hydrogen) atoms. The van der Waals surface area contributed by atoms with Crippen LogP contribution in [-0.2, 0) is 14.3 Å². The first-order chi connectivity index (χ1) is 13.4. The zero-order chi connectivity index (χ0) is 20.6. The molecule has 0 aliphatic carbocycles. The molecule has 0 bridgehead atoms. The number of amides is 1. The van der Waals surface area contributed by atoms with E-state index in [9.17, 15) is 14.9 Å². The SMILES string of the molecule is COC(=O)C1=C2S[C@H](C)C(=O)N2C(N)=C(C#N)[C@@H]1c1ccc(OC)c(OC)c1. The Hall–Kier alpha value is -3.12. The average molecular weight is 401 g/mol. The maximum Gasteiger partial charge on any atom is 0.337 e. The minimum Gasteiger partial charge on any atom is -0.493 e. The number of nitriles is 1. The fourth-order valence-electron chi connectivity index (χ4n) is 3.30. The highest BCUT2D eigenvalue weighted by molar-refractivity contribution is 8.04. The lowest BCUT2D eigenvalue weighted by Gasteiger charge is -2.31. The van der Waals surface area contributed by atoms with E-state index >= 15 is 0 Å². The number of carbonyl (C=O) groups excluding carboxylic acids is 2. The van der Waals surface area contributed by atoms with Gasteiger partial charge in [0, 0.05) is 0 Å². The van der Waals surface area contributed by atoms with Crippen molar-refractivity contribution < 1.29 is 23.8 Å². The Morgan fingerprint density at radius 2 is 1.93 bits per heavy atom. The number of esters is 1. The molecule has 8 nitrogen and oxygen atoms in total. The number of thioether (sulfide) groups is 1. The lowest BCUT2D eigenvalue weighted by Crippen LogP contribution is -2.37. The predicted octanol–water partition coefficient (Wildman–Crippen LogP) is 1.84. The molecule has 2 aliphatic heterocycles. The molecule has 2 N–H and O–H groups in total. The molecule has 0 unspecified atom stereocenters. The van der Waals surface area contributed by atoms with Gasteiger partial charge < -0.3 is 19.9 Å². The van der Waals surface area contributed by atoms with E-state index < -0.39 is 17.1 Å². The molecule has 2 heterocycles. The van der Waals surface area contributed by atoms with E-state index in [1.165, 1.54) is 38.0 Å². The molecule has 2 atom stereocenters. The van der Waals surface area contributed by atoms with Gasteiger partial charge in [0.1, 0.15) is 5.82 Å². The smallest absolute Gasteiger partial charge is 0.337 e. The van der Waals surface area contributed by atoms with Gasteiger partial charge in [-0.2, -0.15) is 5.26 Å². The van der Waals surface area contributed by atoms with Crippen LogP contribution in [0.25, 0.3) is 0 Å². The minimum atomic E-state index is -0.797. The second-order valence-electron chi connectivity index (χ2n) is 6.10. The number of methoxy groups -OCH3 is 3. The summed E-state index contributed by atoms with van der Waals surface area (Å²) in [4.78, 5) is 26.5. The highest BCUT2D eigenvalue weighted by atomic mass is 32.2. The summed E-state index contributed by atoms with van der Waals surface area (Å²) in [5.41, 5.74) is 7.08. The van der Waals surface area contributed by atoms with Crippen molar-refractivity contribution in [2.24, 2.45) is 5.73 Å². The highest BCUT2D eigenvalue weighted by Crippen LogP contribution is 2.50. The quantitative estimate of drug-likeness (QED) is 0.760. The van der Waals surface area contributed by atoms with Gasteiger partial charge in [-0.3, -0.25) is 9.69 Å². The van der Waals surface area contributed by atoms with Crippen molar-refractivity contribution in [3.8, 4) is 17.6 Å². The van der Waals surface area contributed by atoms with Crippen LogP contribution in [0, 0.1) is 11.3 Å². The summed E-state index contributed by atoms with van der Waals surface area (Å²) in [7, 11) is 4.26. The first kappa shape index (κ1) is 19.6. The van der Waals surface area contributed by atoms with Crippen molar-refractivity contribution in [1.82, 2.24) is 4.90 Å². The van der Waals surface area contributed by atoms with Crippen LogP contribution in [0.2, 0.25) is 0 Å². The third-order valence-electron chi connectivity index (χ3n) is 4.65. The third kappa shape index (κ3) is 2.86. The van der Waals surface area contributed by atoms with Crippen molar-refractivity contribution in [2.45, 2.75) is 18.1 Å². The largest absolute Gasteiger partial charge is 0.493 e. The molecule has 9 heteroatoms. The molecule has 0 aromatic heterocycles. The second kappa shape index (κ2) is 7.48. The molecule has 0 saturated carbocycles. The van der Waals surface area contributed by atoms with Gasteiger partial charge in [0.05, 0.1) is 54.7 Å². The second-order valence-corrected chi connectivity index (χ2v) is 7.43. The Bertz CT molecular complexity index is 963. The fraction of sp³-hybridized carbons (Fsp3) is 0.316. The number of rotatable bonds is 4. The van der Waals surface area contributed by atoms with Gasteiger partial charge in [-0.05, 0) is 24.6 Å². The van der Waals surface area contributed by atoms with Crippen LogP contribution in [0.5, 0.6) is 11.5 Å². The normalized spacial score (nSPS) is 21.4. The van der Waals surface area contributed by atoms with Crippen molar-refractivity contribution in [3.63, 3.8) is 0 Å². The summed E-state index contributed by atoms with van der Waals surface area (Å²) in [5.74, 6) is -0.741. The van der Waals surface area contributed by atoms with Gasteiger partial charge in [-0.15, -0.1) is 0 Å². The van der Waals surface area contributed by atoms with Crippen molar-refractivity contribution in [3.05, 3.63) is 45.8 Å². The monoisotopic (exact) mass is 401 g/mol. The summed E-state index contributed by atoms with van der Waals surface area (Å²) < 4.78 is 15.6. The molecule has 0 radical (unpaired) electrons. The molecular formula is C19H19N3O5S. The molecule has 1 amide bonds. The Morgan fingerprint density at radius 1 is 1.25 bits per heavy atom. The van der Waals surface area contributed by atoms with Crippen LogP contribution in [0.1, 0.15) is 18.4 Å². The molecule has 146 valence electrons. The third-order valence-corrected chi connectivity index (χ3v) is 5.83. The number of hydrogen-bond acceptors (Lipinski definition) is 8. The Morgan fingerprint density at radius 3 is 2.50 bits per heavy atom. The van der Waals surface area contributed by atoms with Gasteiger partial charge in [-0.1, -0.05) is 17.8 Å². The van der Waals surface area contributed by atoms with E-state index in [4.69, 9.17) is 19.9 Å². The van der Waals surface area contributed by atoms with Crippen molar-refractivity contribution in [2.75, 3.05) is 21.3 Å². The summed E-state index contributed by atoms with van der Waals surface area (Å²) in [5, 5.41) is 9.76. The van der Waals surface area contributed by atoms with Crippen LogP contribution in [0.3, 0.4) is 0 Å². The number of nitrogens with zero attached hydrogens (tertiary/aromatic N) is 2. The highest BCUT2D eigenvalue weighted by Gasteiger charge is 2.47. The maximum absolute atomic E-state index is 12.7. The van der Waals surface area contributed by atoms with Gasteiger partial charge in [-0.25, -0.2) is 4.79 Å². The average Bonchev–Trinajstić information content (AvgIpc) is 3.01. The summed E-state index contributed by atoms with van der Waals surface area (Å²) in [6.07, 6.45) is 0. The van der Waals surface area contributed by atoms with Crippen LogP contribution < -0.4 is 15.2 Å². The summed E-state index contributed by atoms with van der Waals surface area (Å²) in [6.45, 7) is 1.72. The van der Waals surface area contributed by atoms with Crippen LogP contribution in [-0.4, -0.2) is 43.4 Å². The maximum atomic E-state index is 12.7. The molecular weight excluding hydrogens is 382 g/mol. The summed E-state index contributed by atoms with van der Waals surface area (Å²) in [6, 6.07) is 7.15. The lowest BCUT2D eigenvalue weighted by atomic mass is 9.83. The first-order valence-electron chi connectivity index (χ1n) is 8.34. The number of benzene rings is 1. The molecule has 3 rings (SSSR count). The fourth-order valence-corrected chi connectivity index (χ4v) is 4.47. The van der Waals surface area contributed by atoms with E-state index in [2.05, 4.69) is 6.07 Å². The number of nitrogens with two attached hydrogens (primary N) is 1. The molecule has 0 spiro atoms. The minimum absolute atomic E-state index is 0.0202. The zero-order valence-electron chi connectivity index (χ0n) is 15.8. The topological polar surface area (TPSA) is 115 Å². The van der Waals surface area contributed by atoms with Crippen molar-refractivity contribution >= 4 is 23.6 Å². The zero-order valence-corrected chi connectivity index (χ0v) is 16.6. The van der Waals surface area contributed by atoms with E-state index in [0.29, 0.717) is 22.1 Å². The molecule has 1 aromatic rings. The Kier molecular flexibility index (Phi) is 5.25. The van der Waals surface area contributed by atoms with Gasteiger partial charge in [0.2, 0.25) is 5.91 Å². The molecule has 2 aliphatic rings. The van der Waals surface area contributed by atoms with Crippen LogP contribution in [0.15, 0.2) is 40.2 Å². The number of hydrogen-bond donors (Lipinski definition) is 1. The molecule has 1 aromatic carbocycles. The van der Waals surface area contributed by atoms with E-state index in [0.717, 1.165) is 0 Å². The van der Waals surface area contributed by atoms with E-state index in [1.807, 2.05) is 0 Å². The van der Waals surface area contributed by atoms with Gasteiger partial charge >= 0.3 is 5.97 Å². The molecule has 1 saturated heterocycles. The van der Waals surface area contributed by atoms with Crippen LogP contribution >= 0.6 is 11.8 Å². The van der Waals surface area contributed by atoms with Crippen molar-refractivity contribution in [1.29, 1.82) is 5.26 Å². The molecule has 1 fully saturated rings. The van der Waals surface area contributed by atoms with E-state index in [1.54, 1.807) is 25.1 Å². The number of fused-ring (bicyclic) bond motifs is 1.